The number of hydrogen-bond donors (Lipinski definition) is 1. The molecule has 0 aliphatic carbocycles. The average Bonchev–Trinajstić information content (AvgIpc) is 2.33. The number of phenolic OH excluding ortho intramolecular Hbond substituents is 1. The predicted octanol–water partition coefficient (Wildman–Crippen LogP) is 4.19. The van der Waals surface area contributed by atoms with Crippen LogP contribution < -0.4 is 0 Å². The number of benzene rings is 2. The van der Waals surface area contributed by atoms with Gasteiger partial charge in [-0.3, -0.25) is 4.99 Å². The van der Waals surface area contributed by atoms with E-state index in [9.17, 15) is 9.50 Å². The van der Waals surface area contributed by atoms with E-state index in [0.717, 1.165) is 9.13 Å². The molecular weight excluding hydrogens is 344 g/mol. The van der Waals surface area contributed by atoms with E-state index in [1.165, 1.54) is 12.3 Å². The highest BCUT2D eigenvalue weighted by Gasteiger charge is 2.05. The Bertz CT molecular complexity index is 611. The molecule has 2 rings (SSSR count). The summed E-state index contributed by atoms with van der Waals surface area (Å²) >= 11 is 2.05. The lowest BCUT2D eigenvalue weighted by atomic mass is 10.1. The number of phenols is 1. The third-order valence-electron chi connectivity index (χ3n) is 2.43. The van der Waals surface area contributed by atoms with E-state index >= 15 is 0 Å². The molecule has 4 heteroatoms. The van der Waals surface area contributed by atoms with Crippen LogP contribution in [0.25, 0.3) is 0 Å². The summed E-state index contributed by atoms with van der Waals surface area (Å²) in [5.74, 6) is -0.211. The van der Waals surface area contributed by atoms with Gasteiger partial charge in [0.05, 0.1) is 9.26 Å². The Labute approximate surface area is 118 Å². The molecule has 0 saturated heterocycles. The third-order valence-corrected chi connectivity index (χ3v) is 3.25. The Hall–Kier alpha value is -1.43. The van der Waals surface area contributed by atoms with Crippen LogP contribution in [0.2, 0.25) is 0 Å². The molecule has 0 unspecified atom stereocenters. The van der Waals surface area contributed by atoms with Crippen molar-refractivity contribution in [3.05, 3.63) is 56.9 Å². The van der Waals surface area contributed by atoms with Crippen LogP contribution in [0, 0.1) is 16.3 Å². The van der Waals surface area contributed by atoms with Crippen LogP contribution in [0.4, 0.5) is 10.1 Å². The second kappa shape index (κ2) is 5.48. The molecule has 0 aliphatic rings. The van der Waals surface area contributed by atoms with E-state index in [-0.39, 0.29) is 17.3 Å². The molecule has 0 radical (unpaired) electrons. The molecular formula is C14H11FINO. The summed E-state index contributed by atoms with van der Waals surface area (Å²) in [5, 5.41) is 9.88. The van der Waals surface area contributed by atoms with Crippen molar-refractivity contribution in [3.8, 4) is 5.75 Å². The minimum atomic E-state index is -0.379. The van der Waals surface area contributed by atoms with Gasteiger partial charge >= 0.3 is 0 Å². The average molecular weight is 355 g/mol. The molecule has 18 heavy (non-hydrogen) atoms. The van der Waals surface area contributed by atoms with Crippen LogP contribution in [-0.4, -0.2) is 11.3 Å². The first-order valence-electron chi connectivity index (χ1n) is 5.35. The number of hydrogen-bond acceptors (Lipinski definition) is 2. The van der Waals surface area contributed by atoms with Crippen LogP contribution in [0.1, 0.15) is 11.1 Å². The Kier molecular flexibility index (Phi) is 3.96. The van der Waals surface area contributed by atoms with E-state index in [1.807, 2.05) is 19.1 Å². The van der Waals surface area contributed by atoms with Crippen molar-refractivity contribution in [2.24, 2.45) is 4.99 Å². The fourth-order valence-corrected chi connectivity index (χ4v) is 2.36. The molecule has 0 fully saturated rings. The van der Waals surface area contributed by atoms with Crippen molar-refractivity contribution in [2.75, 3.05) is 0 Å². The zero-order chi connectivity index (χ0) is 13.1. The highest BCUT2D eigenvalue weighted by atomic mass is 127. The van der Waals surface area contributed by atoms with Crippen LogP contribution >= 0.6 is 22.6 Å². The highest BCUT2D eigenvalue weighted by Crippen LogP contribution is 2.25. The van der Waals surface area contributed by atoms with Gasteiger partial charge in [0.2, 0.25) is 0 Å². The molecule has 2 aromatic rings. The van der Waals surface area contributed by atoms with Gasteiger partial charge < -0.3 is 5.11 Å². The smallest absolute Gasteiger partial charge is 0.148 e. The van der Waals surface area contributed by atoms with Crippen LogP contribution in [0.15, 0.2) is 41.4 Å². The Morgan fingerprint density at radius 2 is 2.00 bits per heavy atom. The van der Waals surface area contributed by atoms with E-state index in [0.29, 0.717) is 5.56 Å². The van der Waals surface area contributed by atoms with Crippen molar-refractivity contribution in [1.82, 2.24) is 0 Å². The highest BCUT2D eigenvalue weighted by molar-refractivity contribution is 14.1. The quantitative estimate of drug-likeness (QED) is 0.636. The van der Waals surface area contributed by atoms with Gasteiger partial charge in [0.25, 0.3) is 0 Å². The molecule has 2 nitrogen and oxygen atoms in total. The largest absolute Gasteiger partial charge is 0.506 e. The monoisotopic (exact) mass is 355 g/mol. The van der Waals surface area contributed by atoms with Gasteiger partial charge in [0.1, 0.15) is 11.6 Å². The van der Waals surface area contributed by atoms with E-state index in [1.54, 1.807) is 18.2 Å². The van der Waals surface area contributed by atoms with Gasteiger partial charge in [0, 0.05) is 11.8 Å². The maximum atomic E-state index is 13.4. The molecule has 0 bridgehead atoms. The van der Waals surface area contributed by atoms with Crippen LogP contribution in [0.3, 0.4) is 0 Å². The van der Waals surface area contributed by atoms with Gasteiger partial charge in [0.15, 0.2) is 0 Å². The van der Waals surface area contributed by atoms with Crippen molar-refractivity contribution in [2.45, 2.75) is 6.92 Å². The number of aliphatic imine (C=N–C) groups is 1. The number of aromatic hydroxyl groups is 1. The maximum absolute atomic E-state index is 13.4. The Morgan fingerprint density at radius 1 is 1.28 bits per heavy atom. The number of para-hydroxylation sites is 1. The van der Waals surface area contributed by atoms with Crippen molar-refractivity contribution in [1.29, 1.82) is 0 Å². The summed E-state index contributed by atoms with van der Waals surface area (Å²) in [6.07, 6.45) is 1.48. The Morgan fingerprint density at radius 3 is 2.72 bits per heavy atom. The number of halogens is 2. The van der Waals surface area contributed by atoms with Crippen molar-refractivity contribution < 1.29 is 9.50 Å². The van der Waals surface area contributed by atoms with E-state index in [4.69, 9.17) is 0 Å². The Balaban J connectivity index is 2.38. The molecule has 0 aromatic heterocycles. The van der Waals surface area contributed by atoms with Gasteiger partial charge in [-0.2, -0.15) is 0 Å². The normalized spacial score (nSPS) is 11.1. The van der Waals surface area contributed by atoms with Gasteiger partial charge in [-0.15, -0.1) is 0 Å². The zero-order valence-corrected chi connectivity index (χ0v) is 11.8. The van der Waals surface area contributed by atoms with Gasteiger partial charge in [-0.1, -0.05) is 12.1 Å². The lowest BCUT2D eigenvalue weighted by Gasteiger charge is -2.03. The standard InChI is InChI=1S/C14H11FINO/c1-9-6-10(14(18)12(16)7-9)8-17-13-5-3-2-4-11(13)15/h2-8,18H,1H3/b17-8+. The summed E-state index contributed by atoms with van der Waals surface area (Å²) in [5.41, 5.74) is 1.86. The van der Waals surface area contributed by atoms with E-state index < -0.39 is 0 Å². The molecule has 0 heterocycles. The summed E-state index contributed by atoms with van der Waals surface area (Å²) in [6.45, 7) is 1.93. The maximum Gasteiger partial charge on any atom is 0.148 e. The summed E-state index contributed by atoms with van der Waals surface area (Å²) in [4.78, 5) is 4.06. The number of aryl methyl sites for hydroxylation is 1. The molecule has 0 atom stereocenters. The molecule has 92 valence electrons. The molecule has 0 aliphatic heterocycles. The topological polar surface area (TPSA) is 32.6 Å². The summed E-state index contributed by atoms with van der Waals surface area (Å²) in [6, 6.07) is 9.95. The number of rotatable bonds is 2. The minimum Gasteiger partial charge on any atom is -0.506 e. The molecule has 2 aromatic carbocycles. The number of nitrogens with zero attached hydrogens (tertiary/aromatic N) is 1. The first-order chi connectivity index (χ1) is 8.58. The molecule has 0 spiro atoms. The predicted molar refractivity (Wildman–Crippen MR) is 79.2 cm³/mol. The lowest BCUT2D eigenvalue weighted by molar-refractivity contribution is 0.470. The SMILES string of the molecule is Cc1cc(I)c(O)c(/C=N/c2ccccc2F)c1. The second-order valence-corrected chi connectivity index (χ2v) is 5.06. The first-order valence-corrected chi connectivity index (χ1v) is 6.43. The van der Waals surface area contributed by atoms with Gasteiger partial charge in [-0.05, 0) is 59.3 Å². The van der Waals surface area contributed by atoms with Gasteiger partial charge in [-0.25, -0.2) is 4.39 Å². The summed E-state index contributed by atoms with van der Waals surface area (Å²) in [7, 11) is 0. The van der Waals surface area contributed by atoms with E-state index in [2.05, 4.69) is 27.6 Å². The van der Waals surface area contributed by atoms with Crippen LogP contribution in [0.5, 0.6) is 5.75 Å². The van der Waals surface area contributed by atoms with Crippen LogP contribution in [-0.2, 0) is 0 Å². The molecule has 1 N–H and O–H groups in total. The summed E-state index contributed by atoms with van der Waals surface area (Å²) < 4.78 is 14.1. The van der Waals surface area contributed by atoms with Crippen molar-refractivity contribution >= 4 is 34.5 Å². The lowest BCUT2D eigenvalue weighted by Crippen LogP contribution is -1.88. The zero-order valence-electron chi connectivity index (χ0n) is 9.69. The van der Waals surface area contributed by atoms with Crippen molar-refractivity contribution in [3.63, 3.8) is 0 Å². The third kappa shape index (κ3) is 2.87. The fraction of sp³-hybridized carbons (Fsp3) is 0.0714. The minimum absolute atomic E-state index is 0.168. The molecule has 0 saturated carbocycles. The molecule has 0 amide bonds. The fourth-order valence-electron chi connectivity index (χ4n) is 1.56. The first kappa shape index (κ1) is 13.0. The second-order valence-electron chi connectivity index (χ2n) is 3.89.